The number of hydrogen-bond acceptors (Lipinski definition) is 2. The Hall–Kier alpha value is -2.00. The maximum atomic E-state index is 7.73. The first-order valence-corrected chi connectivity index (χ1v) is 7.47. The van der Waals surface area contributed by atoms with Crippen molar-refractivity contribution >= 4 is 23.1 Å². The number of halogens is 1. The summed E-state index contributed by atoms with van der Waals surface area (Å²) in [6.07, 6.45) is 1.11. The van der Waals surface area contributed by atoms with Gasteiger partial charge in [-0.3, -0.25) is 5.41 Å². The molecule has 0 amide bonds. The Morgan fingerprint density at radius 1 is 1.19 bits per heavy atom. The molecule has 1 atom stereocenters. The molecule has 0 aliphatic carbocycles. The third-order valence-corrected chi connectivity index (χ3v) is 4.28. The predicted octanol–water partition coefficient (Wildman–Crippen LogP) is 3.62. The van der Waals surface area contributed by atoms with Crippen LogP contribution in [-0.2, 0) is 0 Å². The van der Waals surface area contributed by atoms with Crippen LogP contribution < -0.4 is 10.6 Å². The predicted molar refractivity (Wildman–Crippen MR) is 88.5 cm³/mol. The monoisotopic (exact) mass is 299 g/mol. The van der Waals surface area contributed by atoms with E-state index in [-0.39, 0.29) is 5.84 Å². The van der Waals surface area contributed by atoms with Gasteiger partial charge < -0.3 is 10.6 Å². The maximum absolute atomic E-state index is 7.73. The molecule has 0 aromatic heterocycles. The number of benzene rings is 2. The molecule has 21 heavy (non-hydrogen) atoms. The minimum Gasteiger partial charge on any atom is -0.384 e. The SMILES string of the molecule is N=C(N)c1ccc(Cl)cc1N1CCC(c2ccccc2)C1. The van der Waals surface area contributed by atoms with Crippen LogP contribution in [0, 0.1) is 5.41 Å². The average Bonchev–Trinajstić information content (AvgIpc) is 2.97. The molecule has 1 heterocycles. The van der Waals surface area contributed by atoms with Gasteiger partial charge in [-0.05, 0) is 30.2 Å². The zero-order valence-electron chi connectivity index (χ0n) is 11.7. The van der Waals surface area contributed by atoms with Crippen LogP contribution in [0.4, 0.5) is 5.69 Å². The molecule has 1 unspecified atom stereocenters. The van der Waals surface area contributed by atoms with Gasteiger partial charge in [0.25, 0.3) is 0 Å². The fourth-order valence-corrected chi connectivity index (χ4v) is 3.14. The molecule has 0 bridgehead atoms. The summed E-state index contributed by atoms with van der Waals surface area (Å²) < 4.78 is 0. The Kier molecular flexibility index (Phi) is 3.84. The topological polar surface area (TPSA) is 53.1 Å². The van der Waals surface area contributed by atoms with Crippen molar-refractivity contribution in [1.29, 1.82) is 5.41 Å². The number of nitrogen functional groups attached to an aromatic ring is 1. The Balaban J connectivity index is 1.86. The van der Waals surface area contributed by atoms with Crippen LogP contribution >= 0.6 is 11.6 Å². The van der Waals surface area contributed by atoms with E-state index < -0.39 is 0 Å². The van der Waals surface area contributed by atoms with Gasteiger partial charge in [-0.2, -0.15) is 0 Å². The fourth-order valence-electron chi connectivity index (χ4n) is 2.97. The standard InChI is InChI=1S/C17H18ClN3/c18-14-6-7-15(17(19)20)16(10-14)21-9-8-13(11-21)12-4-2-1-3-5-12/h1-7,10,13H,8-9,11H2,(H3,19,20). The summed E-state index contributed by atoms with van der Waals surface area (Å²) in [5.41, 5.74) is 8.78. The summed E-state index contributed by atoms with van der Waals surface area (Å²) in [5.74, 6) is 0.606. The van der Waals surface area contributed by atoms with E-state index in [0.717, 1.165) is 30.8 Å². The van der Waals surface area contributed by atoms with E-state index in [1.807, 2.05) is 18.2 Å². The molecule has 3 N–H and O–H groups in total. The van der Waals surface area contributed by atoms with Crippen molar-refractivity contribution in [1.82, 2.24) is 0 Å². The second-order valence-corrected chi connectivity index (χ2v) is 5.85. The molecule has 3 nitrogen and oxygen atoms in total. The number of hydrogen-bond donors (Lipinski definition) is 2. The van der Waals surface area contributed by atoms with Gasteiger partial charge >= 0.3 is 0 Å². The van der Waals surface area contributed by atoms with Crippen molar-refractivity contribution in [3.63, 3.8) is 0 Å². The molecule has 0 spiro atoms. The molecule has 4 heteroatoms. The highest BCUT2D eigenvalue weighted by Gasteiger charge is 2.25. The molecule has 2 aromatic carbocycles. The first-order valence-electron chi connectivity index (χ1n) is 7.09. The molecule has 108 valence electrons. The lowest BCUT2D eigenvalue weighted by atomic mass is 9.99. The number of nitrogens with one attached hydrogen (secondary N) is 1. The minimum absolute atomic E-state index is 0.0878. The lowest BCUT2D eigenvalue weighted by Gasteiger charge is -2.22. The molecule has 3 rings (SSSR count). The number of nitrogens with zero attached hydrogens (tertiary/aromatic N) is 1. The second kappa shape index (κ2) is 5.78. The normalized spacial score (nSPS) is 18.0. The van der Waals surface area contributed by atoms with E-state index in [1.165, 1.54) is 5.56 Å². The largest absolute Gasteiger partial charge is 0.384 e. The quantitative estimate of drug-likeness (QED) is 0.672. The summed E-state index contributed by atoms with van der Waals surface area (Å²) in [7, 11) is 0. The van der Waals surface area contributed by atoms with Gasteiger partial charge in [0, 0.05) is 35.3 Å². The Labute approximate surface area is 129 Å². The molecule has 0 radical (unpaired) electrons. The third kappa shape index (κ3) is 2.88. The van der Waals surface area contributed by atoms with Crippen molar-refractivity contribution in [2.24, 2.45) is 5.73 Å². The van der Waals surface area contributed by atoms with Crippen LogP contribution in [-0.4, -0.2) is 18.9 Å². The Bertz CT molecular complexity index is 654. The van der Waals surface area contributed by atoms with Crippen LogP contribution in [0.15, 0.2) is 48.5 Å². The Morgan fingerprint density at radius 2 is 1.95 bits per heavy atom. The van der Waals surface area contributed by atoms with E-state index in [0.29, 0.717) is 10.9 Å². The third-order valence-electron chi connectivity index (χ3n) is 4.05. The van der Waals surface area contributed by atoms with E-state index in [4.69, 9.17) is 22.7 Å². The van der Waals surface area contributed by atoms with E-state index >= 15 is 0 Å². The first kappa shape index (κ1) is 14.0. The molecule has 0 saturated carbocycles. The summed E-state index contributed by atoms with van der Waals surface area (Å²) in [6, 6.07) is 16.1. The summed E-state index contributed by atoms with van der Waals surface area (Å²) in [6.45, 7) is 1.89. The number of nitrogens with two attached hydrogens (primary N) is 1. The number of rotatable bonds is 3. The van der Waals surface area contributed by atoms with Gasteiger partial charge in [0.05, 0.1) is 0 Å². The molecular formula is C17H18ClN3. The van der Waals surface area contributed by atoms with E-state index in [9.17, 15) is 0 Å². The molecule has 2 aromatic rings. The van der Waals surface area contributed by atoms with Gasteiger partial charge in [0.15, 0.2) is 0 Å². The number of anilines is 1. The van der Waals surface area contributed by atoms with Gasteiger partial charge in [0.1, 0.15) is 5.84 Å². The highest BCUT2D eigenvalue weighted by atomic mass is 35.5. The van der Waals surface area contributed by atoms with Crippen molar-refractivity contribution in [3.8, 4) is 0 Å². The van der Waals surface area contributed by atoms with Crippen LogP contribution in [0.25, 0.3) is 0 Å². The minimum atomic E-state index is 0.0878. The molecular weight excluding hydrogens is 282 g/mol. The van der Waals surface area contributed by atoms with Gasteiger partial charge in [-0.25, -0.2) is 0 Å². The van der Waals surface area contributed by atoms with Crippen LogP contribution in [0.3, 0.4) is 0 Å². The summed E-state index contributed by atoms with van der Waals surface area (Å²) in [5, 5.41) is 8.41. The van der Waals surface area contributed by atoms with Gasteiger partial charge in [-0.1, -0.05) is 41.9 Å². The summed E-state index contributed by atoms with van der Waals surface area (Å²) >= 11 is 6.12. The highest BCUT2D eigenvalue weighted by molar-refractivity contribution is 6.31. The molecule has 1 aliphatic heterocycles. The smallest absolute Gasteiger partial charge is 0.124 e. The van der Waals surface area contributed by atoms with Crippen molar-refractivity contribution in [2.75, 3.05) is 18.0 Å². The zero-order valence-corrected chi connectivity index (χ0v) is 12.5. The molecule has 1 saturated heterocycles. The van der Waals surface area contributed by atoms with Crippen molar-refractivity contribution in [2.45, 2.75) is 12.3 Å². The van der Waals surface area contributed by atoms with Gasteiger partial charge in [-0.15, -0.1) is 0 Å². The fraction of sp³-hybridized carbons (Fsp3) is 0.235. The second-order valence-electron chi connectivity index (χ2n) is 5.42. The first-order chi connectivity index (χ1) is 10.1. The van der Waals surface area contributed by atoms with Crippen molar-refractivity contribution < 1.29 is 0 Å². The van der Waals surface area contributed by atoms with Crippen LogP contribution in [0.2, 0.25) is 5.02 Å². The van der Waals surface area contributed by atoms with Crippen molar-refractivity contribution in [3.05, 3.63) is 64.7 Å². The Morgan fingerprint density at radius 3 is 2.67 bits per heavy atom. The zero-order chi connectivity index (χ0) is 14.8. The summed E-state index contributed by atoms with van der Waals surface area (Å²) in [4.78, 5) is 2.28. The number of amidine groups is 1. The van der Waals surface area contributed by atoms with Crippen LogP contribution in [0.5, 0.6) is 0 Å². The van der Waals surface area contributed by atoms with Gasteiger partial charge in [0.2, 0.25) is 0 Å². The van der Waals surface area contributed by atoms with E-state index in [2.05, 4.69) is 29.2 Å². The highest BCUT2D eigenvalue weighted by Crippen LogP contribution is 2.33. The average molecular weight is 300 g/mol. The lowest BCUT2D eigenvalue weighted by Crippen LogP contribution is -2.24. The molecule has 1 fully saturated rings. The maximum Gasteiger partial charge on any atom is 0.124 e. The van der Waals surface area contributed by atoms with E-state index in [1.54, 1.807) is 6.07 Å². The molecule has 1 aliphatic rings. The lowest BCUT2D eigenvalue weighted by molar-refractivity contribution is 0.775. The van der Waals surface area contributed by atoms with Crippen LogP contribution in [0.1, 0.15) is 23.5 Å².